The summed E-state index contributed by atoms with van der Waals surface area (Å²) in [7, 11) is 0. The average Bonchev–Trinajstić information content (AvgIpc) is 2.84. The number of rotatable bonds is 10. The van der Waals surface area contributed by atoms with Gasteiger partial charge >= 0.3 is 0 Å². The maximum Gasteiger partial charge on any atom is 0.273 e. The number of amides is 2. The number of aryl methyl sites for hydroxylation is 1. The fourth-order valence-corrected chi connectivity index (χ4v) is 4.16. The number of benzene rings is 2. The van der Waals surface area contributed by atoms with Crippen molar-refractivity contribution < 1.29 is 14.5 Å². The van der Waals surface area contributed by atoms with Crippen LogP contribution in [-0.4, -0.2) is 47.8 Å². The first-order chi connectivity index (χ1) is 16.4. The van der Waals surface area contributed by atoms with Crippen LogP contribution in [0.5, 0.6) is 0 Å². The van der Waals surface area contributed by atoms with E-state index in [4.69, 9.17) is 0 Å². The Labute approximate surface area is 201 Å². The molecule has 2 aromatic carbocycles. The molecule has 0 aromatic heterocycles. The van der Waals surface area contributed by atoms with Crippen molar-refractivity contribution in [2.75, 3.05) is 36.4 Å². The molecule has 0 bridgehead atoms. The van der Waals surface area contributed by atoms with Gasteiger partial charge in [0.2, 0.25) is 5.91 Å². The maximum absolute atomic E-state index is 12.5. The molecule has 1 N–H and O–H groups in total. The number of piperazine rings is 1. The Kier molecular flexibility index (Phi) is 9.01. The number of nitro benzene ring substituents is 1. The highest BCUT2D eigenvalue weighted by atomic mass is 16.6. The summed E-state index contributed by atoms with van der Waals surface area (Å²) in [6.45, 7) is 6.83. The van der Waals surface area contributed by atoms with E-state index in [0.29, 0.717) is 17.7 Å². The fourth-order valence-electron chi connectivity index (χ4n) is 4.16. The summed E-state index contributed by atoms with van der Waals surface area (Å²) in [6.07, 6.45) is 6.40. The molecule has 3 rings (SSSR count). The van der Waals surface area contributed by atoms with E-state index in [0.717, 1.165) is 44.7 Å². The highest BCUT2D eigenvalue weighted by molar-refractivity contribution is 6.04. The van der Waals surface area contributed by atoms with Crippen LogP contribution < -0.4 is 10.2 Å². The molecular weight excluding hydrogens is 432 g/mol. The zero-order chi connectivity index (χ0) is 24.5. The molecule has 0 atom stereocenters. The number of anilines is 2. The van der Waals surface area contributed by atoms with Crippen LogP contribution >= 0.6 is 0 Å². The highest BCUT2D eigenvalue weighted by Gasteiger charge is 2.21. The predicted octanol–water partition coefficient (Wildman–Crippen LogP) is 5.16. The molecule has 1 fully saturated rings. The van der Waals surface area contributed by atoms with E-state index in [1.165, 1.54) is 25.3 Å². The molecular formula is C26H34N4O4. The minimum atomic E-state index is -0.484. The lowest BCUT2D eigenvalue weighted by atomic mass is 10.1. The third-order valence-corrected chi connectivity index (χ3v) is 6.28. The van der Waals surface area contributed by atoms with Crippen molar-refractivity contribution in [1.29, 1.82) is 0 Å². The number of hydrogen-bond donors (Lipinski definition) is 1. The SMILES string of the molecule is CCCCCCCC(=O)N1CCN(c2ccc(NC(=O)c3ccc(C)c([N+](=O)[O-])c3)cc2)CC1. The van der Waals surface area contributed by atoms with Crippen LogP contribution in [0.3, 0.4) is 0 Å². The van der Waals surface area contributed by atoms with Crippen LogP contribution in [0.1, 0.15) is 61.4 Å². The first-order valence-corrected chi connectivity index (χ1v) is 12.1. The summed E-state index contributed by atoms with van der Waals surface area (Å²) >= 11 is 0. The summed E-state index contributed by atoms with van der Waals surface area (Å²) in [6, 6.07) is 12.0. The van der Waals surface area contributed by atoms with E-state index >= 15 is 0 Å². The van der Waals surface area contributed by atoms with Crippen molar-refractivity contribution in [3.63, 3.8) is 0 Å². The lowest BCUT2D eigenvalue weighted by Crippen LogP contribution is -2.48. The minimum absolute atomic E-state index is 0.0721. The molecule has 2 aromatic rings. The second kappa shape index (κ2) is 12.2. The molecule has 1 aliphatic rings. The Balaban J connectivity index is 1.49. The van der Waals surface area contributed by atoms with Crippen molar-refractivity contribution in [3.8, 4) is 0 Å². The topological polar surface area (TPSA) is 95.8 Å². The number of unbranched alkanes of at least 4 members (excludes halogenated alkanes) is 4. The number of hydrogen-bond acceptors (Lipinski definition) is 5. The van der Waals surface area contributed by atoms with E-state index in [1.807, 2.05) is 29.2 Å². The Morgan fingerprint density at radius 2 is 1.65 bits per heavy atom. The molecule has 2 amide bonds. The maximum atomic E-state index is 12.5. The third kappa shape index (κ3) is 6.79. The summed E-state index contributed by atoms with van der Waals surface area (Å²) in [5.74, 6) is -0.136. The number of nitro groups is 1. The first kappa shape index (κ1) is 25.2. The van der Waals surface area contributed by atoms with Gasteiger partial charge in [0.1, 0.15) is 0 Å². The largest absolute Gasteiger partial charge is 0.368 e. The van der Waals surface area contributed by atoms with Gasteiger partial charge in [-0.25, -0.2) is 0 Å². The van der Waals surface area contributed by atoms with Crippen molar-refractivity contribution >= 4 is 28.9 Å². The van der Waals surface area contributed by atoms with Gasteiger partial charge in [0, 0.05) is 61.2 Å². The van der Waals surface area contributed by atoms with Gasteiger partial charge in [-0.15, -0.1) is 0 Å². The fraction of sp³-hybridized carbons (Fsp3) is 0.462. The third-order valence-electron chi connectivity index (χ3n) is 6.28. The average molecular weight is 467 g/mol. The zero-order valence-electron chi connectivity index (χ0n) is 20.1. The number of nitrogens with zero attached hydrogens (tertiary/aromatic N) is 3. The normalized spacial score (nSPS) is 13.6. The molecule has 0 radical (unpaired) electrons. The van der Waals surface area contributed by atoms with Crippen molar-refractivity contribution in [2.45, 2.75) is 52.4 Å². The minimum Gasteiger partial charge on any atom is -0.368 e. The molecule has 8 heteroatoms. The van der Waals surface area contributed by atoms with Crippen LogP contribution in [-0.2, 0) is 4.79 Å². The van der Waals surface area contributed by atoms with Crippen molar-refractivity contribution in [2.24, 2.45) is 0 Å². The van der Waals surface area contributed by atoms with Gasteiger partial charge in [-0.05, 0) is 43.7 Å². The van der Waals surface area contributed by atoms with Crippen molar-refractivity contribution in [3.05, 3.63) is 63.7 Å². The van der Waals surface area contributed by atoms with Gasteiger partial charge < -0.3 is 15.1 Å². The van der Waals surface area contributed by atoms with E-state index in [1.54, 1.807) is 19.1 Å². The van der Waals surface area contributed by atoms with Gasteiger partial charge in [-0.2, -0.15) is 0 Å². The molecule has 8 nitrogen and oxygen atoms in total. The van der Waals surface area contributed by atoms with E-state index in [9.17, 15) is 19.7 Å². The van der Waals surface area contributed by atoms with Crippen LogP contribution in [0.15, 0.2) is 42.5 Å². The smallest absolute Gasteiger partial charge is 0.273 e. The molecule has 1 heterocycles. The van der Waals surface area contributed by atoms with Crippen LogP contribution in [0.2, 0.25) is 0 Å². The lowest BCUT2D eigenvalue weighted by molar-refractivity contribution is -0.385. The highest BCUT2D eigenvalue weighted by Crippen LogP contribution is 2.22. The second-order valence-corrected chi connectivity index (χ2v) is 8.79. The van der Waals surface area contributed by atoms with Gasteiger partial charge in [0.05, 0.1) is 4.92 Å². The van der Waals surface area contributed by atoms with Crippen LogP contribution in [0, 0.1) is 17.0 Å². The quantitative estimate of drug-likeness (QED) is 0.296. The van der Waals surface area contributed by atoms with Crippen molar-refractivity contribution in [1.82, 2.24) is 4.90 Å². The van der Waals surface area contributed by atoms with E-state index in [-0.39, 0.29) is 17.2 Å². The van der Waals surface area contributed by atoms with E-state index in [2.05, 4.69) is 17.1 Å². The number of carbonyl (C=O) groups is 2. The predicted molar refractivity (Wildman–Crippen MR) is 134 cm³/mol. The lowest BCUT2D eigenvalue weighted by Gasteiger charge is -2.36. The molecule has 0 unspecified atom stereocenters. The molecule has 0 aliphatic carbocycles. The Morgan fingerprint density at radius 1 is 0.971 bits per heavy atom. The molecule has 0 saturated carbocycles. The zero-order valence-corrected chi connectivity index (χ0v) is 20.1. The molecule has 34 heavy (non-hydrogen) atoms. The van der Waals surface area contributed by atoms with Crippen LogP contribution in [0.4, 0.5) is 17.1 Å². The Morgan fingerprint density at radius 3 is 2.29 bits per heavy atom. The van der Waals surface area contributed by atoms with Gasteiger partial charge in [-0.3, -0.25) is 19.7 Å². The summed E-state index contributed by atoms with van der Waals surface area (Å²) in [4.78, 5) is 39.8. The molecule has 0 spiro atoms. The summed E-state index contributed by atoms with van der Waals surface area (Å²) in [5.41, 5.74) is 2.34. The summed E-state index contributed by atoms with van der Waals surface area (Å²) in [5, 5.41) is 13.9. The van der Waals surface area contributed by atoms with E-state index < -0.39 is 10.8 Å². The number of nitrogens with one attached hydrogen (secondary N) is 1. The van der Waals surface area contributed by atoms with Gasteiger partial charge in [0.25, 0.3) is 11.6 Å². The van der Waals surface area contributed by atoms with Crippen LogP contribution in [0.25, 0.3) is 0 Å². The second-order valence-electron chi connectivity index (χ2n) is 8.79. The van der Waals surface area contributed by atoms with Gasteiger partial charge in [-0.1, -0.05) is 38.7 Å². The monoisotopic (exact) mass is 466 g/mol. The molecule has 182 valence electrons. The Bertz CT molecular complexity index is 998. The molecule has 1 saturated heterocycles. The molecule has 1 aliphatic heterocycles. The van der Waals surface area contributed by atoms with Gasteiger partial charge in [0.15, 0.2) is 0 Å². The standard InChI is InChI=1S/C26H34N4O4/c1-3-4-5-6-7-8-25(31)29-17-15-28(16-18-29)23-13-11-22(12-14-23)27-26(32)21-10-9-20(2)24(19-21)30(33)34/h9-14,19H,3-8,15-18H2,1-2H3,(H,27,32). The summed E-state index contributed by atoms with van der Waals surface area (Å²) < 4.78 is 0. The number of carbonyl (C=O) groups excluding carboxylic acids is 2. The Hall–Kier alpha value is -3.42. The first-order valence-electron chi connectivity index (χ1n) is 12.1.